The molecule has 1 atom stereocenters. The monoisotopic (exact) mass is 232 g/mol. The Labute approximate surface area is 103 Å². The fourth-order valence-corrected chi connectivity index (χ4v) is 2.37. The van der Waals surface area contributed by atoms with Crippen LogP contribution >= 0.6 is 0 Å². The van der Waals surface area contributed by atoms with Crippen LogP contribution < -0.4 is 10.6 Å². The summed E-state index contributed by atoms with van der Waals surface area (Å²) in [5.41, 5.74) is 2.64. The fourth-order valence-electron chi connectivity index (χ4n) is 2.37. The molecule has 0 saturated heterocycles. The van der Waals surface area contributed by atoms with E-state index in [1.54, 1.807) is 0 Å². The predicted molar refractivity (Wildman–Crippen MR) is 68.9 cm³/mol. The molecule has 17 heavy (non-hydrogen) atoms. The van der Waals surface area contributed by atoms with Crippen LogP contribution in [0.3, 0.4) is 0 Å². The van der Waals surface area contributed by atoms with E-state index in [0.29, 0.717) is 0 Å². The molecule has 1 aromatic rings. The van der Waals surface area contributed by atoms with Gasteiger partial charge in [-0.25, -0.2) is 4.79 Å². The first kappa shape index (κ1) is 12.0. The second-order valence-corrected chi connectivity index (χ2v) is 4.92. The number of aryl methyl sites for hydroxylation is 1. The highest BCUT2D eigenvalue weighted by molar-refractivity contribution is 5.74. The maximum Gasteiger partial charge on any atom is 0.315 e. The van der Waals surface area contributed by atoms with E-state index in [1.807, 2.05) is 19.9 Å². The molecule has 2 amide bonds. The number of carbonyl (C=O) groups excluding carboxylic acids is 1. The fraction of sp³-hybridized carbons (Fsp3) is 0.500. The first-order chi connectivity index (χ1) is 8.16. The number of carbonyl (C=O) groups is 1. The Hall–Kier alpha value is -1.51. The van der Waals surface area contributed by atoms with E-state index in [4.69, 9.17) is 0 Å². The van der Waals surface area contributed by atoms with Crippen molar-refractivity contribution in [3.63, 3.8) is 0 Å². The topological polar surface area (TPSA) is 41.1 Å². The predicted octanol–water partition coefficient (Wildman–Crippen LogP) is 2.77. The van der Waals surface area contributed by atoms with E-state index in [0.717, 1.165) is 19.3 Å². The lowest BCUT2D eigenvalue weighted by atomic mass is 9.88. The van der Waals surface area contributed by atoms with E-state index >= 15 is 0 Å². The number of hydrogen-bond donors (Lipinski definition) is 2. The maximum absolute atomic E-state index is 11.7. The van der Waals surface area contributed by atoms with Crippen LogP contribution in [-0.4, -0.2) is 12.1 Å². The number of urea groups is 1. The average molecular weight is 232 g/mol. The van der Waals surface area contributed by atoms with Crippen LogP contribution in [0.4, 0.5) is 4.79 Å². The van der Waals surface area contributed by atoms with E-state index in [-0.39, 0.29) is 18.1 Å². The van der Waals surface area contributed by atoms with E-state index in [1.165, 1.54) is 11.1 Å². The molecular weight excluding hydrogens is 212 g/mol. The lowest BCUT2D eigenvalue weighted by Crippen LogP contribution is -2.42. The molecule has 1 aliphatic rings. The summed E-state index contributed by atoms with van der Waals surface area (Å²) in [5.74, 6) is 0. The molecule has 0 radical (unpaired) electrons. The Morgan fingerprint density at radius 1 is 1.35 bits per heavy atom. The lowest BCUT2D eigenvalue weighted by molar-refractivity contribution is 0.233. The van der Waals surface area contributed by atoms with Crippen LogP contribution in [-0.2, 0) is 6.42 Å². The second kappa shape index (κ2) is 5.21. The first-order valence-corrected chi connectivity index (χ1v) is 6.31. The number of amides is 2. The quantitative estimate of drug-likeness (QED) is 0.808. The molecule has 1 aliphatic carbocycles. The smallest absolute Gasteiger partial charge is 0.315 e. The molecule has 1 aromatic carbocycles. The van der Waals surface area contributed by atoms with Gasteiger partial charge in [0.25, 0.3) is 0 Å². The number of fused-ring (bicyclic) bond motifs is 1. The van der Waals surface area contributed by atoms with Crippen molar-refractivity contribution in [1.29, 1.82) is 0 Å². The van der Waals surface area contributed by atoms with Crippen molar-refractivity contribution in [2.24, 2.45) is 0 Å². The van der Waals surface area contributed by atoms with Crippen molar-refractivity contribution in [1.82, 2.24) is 10.6 Å². The summed E-state index contributed by atoms with van der Waals surface area (Å²) in [6, 6.07) is 8.65. The van der Waals surface area contributed by atoms with Crippen LogP contribution in [0.5, 0.6) is 0 Å². The molecule has 0 bridgehead atoms. The van der Waals surface area contributed by atoms with Gasteiger partial charge in [0, 0.05) is 6.04 Å². The van der Waals surface area contributed by atoms with Gasteiger partial charge in [0.15, 0.2) is 0 Å². The van der Waals surface area contributed by atoms with Crippen molar-refractivity contribution in [3.05, 3.63) is 35.4 Å². The molecular formula is C14H20N2O. The molecule has 2 N–H and O–H groups in total. The van der Waals surface area contributed by atoms with Gasteiger partial charge >= 0.3 is 6.03 Å². The van der Waals surface area contributed by atoms with Crippen molar-refractivity contribution in [2.75, 3.05) is 0 Å². The van der Waals surface area contributed by atoms with Crippen molar-refractivity contribution in [3.8, 4) is 0 Å². The van der Waals surface area contributed by atoms with Gasteiger partial charge in [-0.3, -0.25) is 0 Å². The second-order valence-electron chi connectivity index (χ2n) is 4.92. The Morgan fingerprint density at radius 2 is 2.12 bits per heavy atom. The number of hydrogen-bond acceptors (Lipinski definition) is 1. The molecule has 1 unspecified atom stereocenters. The lowest BCUT2D eigenvalue weighted by Gasteiger charge is -2.26. The molecule has 0 saturated carbocycles. The Bertz CT molecular complexity index is 401. The van der Waals surface area contributed by atoms with Gasteiger partial charge in [0.2, 0.25) is 0 Å². The Kier molecular flexibility index (Phi) is 3.67. The van der Waals surface area contributed by atoms with Gasteiger partial charge in [-0.05, 0) is 44.2 Å². The van der Waals surface area contributed by atoms with Crippen molar-refractivity contribution < 1.29 is 4.79 Å². The number of benzene rings is 1. The van der Waals surface area contributed by atoms with Gasteiger partial charge in [-0.1, -0.05) is 24.3 Å². The molecule has 2 rings (SSSR count). The molecule has 0 aliphatic heterocycles. The summed E-state index contributed by atoms with van der Waals surface area (Å²) in [6.45, 7) is 3.93. The van der Waals surface area contributed by atoms with Crippen molar-refractivity contribution in [2.45, 2.75) is 45.2 Å². The summed E-state index contributed by atoms with van der Waals surface area (Å²) in [5, 5.41) is 5.93. The zero-order chi connectivity index (χ0) is 12.3. The summed E-state index contributed by atoms with van der Waals surface area (Å²) in [7, 11) is 0. The van der Waals surface area contributed by atoms with Crippen molar-refractivity contribution >= 4 is 6.03 Å². The van der Waals surface area contributed by atoms with E-state index < -0.39 is 0 Å². The van der Waals surface area contributed by atoms with Crippen LogP contribution in [0.15, 0.2) is 24.3 Å². The number of nitrogens with one attached hydrogen (secondary N) is 2. The Morgan fingerprint density at radius 3 is 2.88 bits per heavy atom. The van der Waals surface area contributed by atoms with Gasteiger partial charge in [0.1, 0.15) is 0 Å². The normalized spacial score (nSPS) is 18.6. The SMILES string of the molecule is CC(C)NC(=O)NC1CCCc2ccccc21. The third kappa shape index (κ3) is 2.99. The summed E-state index contributed by atoms with van der Waals surface area (Å²) in [4.78, 5) is 11.7. The van der Waals surface area contributed by atoms with Crippen LogP contribution in [0, 0.1) is 0 Å². The van der Waals surface area contributed by atoms with Crippen LogP contribution in [0.1, 0.15) is 43.9 Å². The molecule has 0 heterocycles. The largest absolute Gasteiger partial charge is 0.336 e. The molecule has 0 fully saturated rings. The highest BCUT2D eigenvalue weighted by atomic mass is 16.2. The van der Waals surface area contributed by atoms with Gasteiger partial charge in [-0.15, -0.1) is 0 Å². The third-order valence-corrected chi connectivity index (χ3v) is 3.09. The van der Waals surface area contributed by atoms with Gasteiger partial charge in [-0.2, -0.15) is 0 Å². The molecule has 0 aromatic heterocycles. The van der Waals surface area contributed by atoms with Crippen LogP contribution in [0.2, 0.25) is 0 Å². The minimum Gasteiger partial charge on any atom is -0.336 e. The minimum absolute atomic E-state index is 0.0679. The summed E-state index contributed by atoms with van der Waals surface area (Å²) >= 11 is 0. The van der Waals surface area contributed by atoms with Gasteiger partial charge < -0.3 is 10.6 Å². The molecule has 92 valence electrons. The number of rotatable bonds is 2. The van der Waals surface area contributed by atoms with E-state index in [2.05, 4.69) is 28.8 Å². The van der Waals surface area contributed by atoms with Gasteiger partial charge in [0.05, 0.1) is 6.04 Å². The Balaban J connectivity index is 2.06. The highest BCUT2D eigenvalue weighted by Crippen LogP contribution is 2.29. The molecule has 3 heteroatoms. The molecule has 3 nitrogen and oxygen atoms in total. The maximum atomic E-state index is 11.7. The zero-order valence-electron chi connectivity index (χ0n) is 10.5. The first-order valence-electron chi connectivity index (χ1n) is 6.31. The average Bonchev–Trinajstić information content (AvgIpc) is 2.28. The summed E-state index contributed by atoms with van der Waals surface area (Å²) in [6.07, 6.45) is 3.30. The zero-order valence-corrected chi connectivity index (χ0v) is 10.5. The highest BCUT2D eigenvalue weighted by Gasteiger charge is 2.21. The standard InChI is InChI=1S/C14H20N2O/c1-10(2)15-14(17)16-13-9-5-7-11-6-3-4-8-12(11)13/h3-4,6,8,10,13H,5,7,9H2,1-2H3,(H2,15,16,17). The minimum atomic E-state index is -0.0679. The van der Waals surface area contributed by atoms with E-state index in [9.17, 15) is 4.79 Å². The van der Waals surface area contributed by atoms with Crippen LogP contribution in [0.25, 0.3) is 0 Å². The summed E-state index contributed by atoms with van der Waals surface area (Å²) < 4.78 is 0. The molecule has 0 spiro atoms. The third-order valence-electron chi connectivity index (χ3n) is 3.09.